The number of pyridine rings is 1. The first-order valence-corrected chi connectivity index (χ1v) is 12.7. The molecule has 4 aliphatic rings. The van der Waals surface area contributed by atoms with Crippen LogP contribution < -0.4 is 14.5 Å². The molecule has 3 aliphatic heterocycles. The van der Waals surface area contributed by atoms with E-state index < -0.39 is 0 Å². The largest absolute Gasteiger partial charge is 0.487 e. The van der Waals surface area contributed by atoms with Gasteiger partial charge in [0, 0.05) is 56.7 Å². The second kappa shape index (κ2) is 8.26. The third-order valence-electron chi connectivity index (χ3n) is 8.36. The van der Waals surface area contributed by atoms with Crippen LogP contribution in [-0.2, 0) is 6.42 Å². The zero-order valence-corrected chi connectivity index (χ0v) is 19.4. The van der Waals surface area contributed by atoms with E-state index in [1.54, 1.807) is 0 Å². The van der Waals surface area contributed by atoms with Gasteiger partial charge in [-0.1, -0.05) is 12.5 Å². The van der Waals surface area contributed by atoms with Crippen LogP contribution in [0.5, 0.6) is 5.75 Å². The number of ether oxygens (including phenoxy) is 1. The molecule has 5 nitrogen and oxygen atoms in total. The van der Waals surface area contributed by atoms with Crippen molar-refractivity contribution in [3.05, 3.63) is 47.7 Å². The summed E-state index contributed by atoms with van der Waals surface area (Å²) < 4.78 is 6.71. The predicted octanol–water partition coefficient (Wildman–Crippen LogP) is 4.43. The molecule has 1 saturated carbocycles. The molecule has 0 atom stereocenters. The molecule has 1 aliphatic carbocycles. The Hall–Kier alpha value is -2.27. The van der Waals surface area contributed by atoms with Crippen molar-refractivity contribution < 1.29 is 4.74 Å². The van der Waals surface area contributed by atoms with E-state index in [2.05, 4.69) is 58.0 Å². The van der Waals surface area contributed by atoms with Crippen LogP contribution >= 0.6 is 0 Å². The zero-order valence-electron chi connectivity index (χ0n) is 19.4. The average Bonchev–Trinajstić information content (AvgIpc) is 2.79. The number of nitrogens with zero attached hydrogens (tertiary/aromatic N) is 4. The van der Waals surface area contributed by atoms with Gasteiger partial charge in [-0.2, -0.15) is 0 Å². The van der Waals surface area contributed by atoms with Crippen molar-refractivity contribution in [2.45, 2.75) is 63.5 Å². The fourth-order valence-electron chi connectivity index (χ4n) is 6.00. The number of rotatable bonds is 3. The molecular weight excluding hydrogens is 396 g/mol. The SMILES string of the molecule is Cc1cccc(N2CCN(c3ccc4c(c3)CCC3(CCN(C5CCC5)CC3)O4)CC2)n1. The Morgan fingerprint density at radius 3 is 2.41 bits per heavy atom. The maximum absolute atomic E-state index is 6.71. The third-order valence-corrected chi connectivity index (χ3v) is 8.36. The first-order chi connectivity index (χ1) is 15.7. The number of benzene rings is 1. The Kier molecular flexibility index (Phi) is 5.25. The Morgan fingerprint density at radius 2 is 1.69 bits per heavy atom. The number of likely N-dealkylation sites (tertiary alicyclic amines) is 1. The summed E-state index contributed by atoms with van der Waals surface area (Å²) in [5, 5.41) is 0. The Morgan fingerprint density at radius 1 is 0.906 bits per heavy atom. The topological polar surface area (TPSA) is 31.8 Å². The maximum atomic E-state index is 6.71. The molecule has 170 valence electrons. The van der Waals surface area contributed by atoms with Crippen LogP contribution in [0.4, 0.5) is 11.5 Å². The summed E-state index contributed by atoms with van der Waals surface area (Å²) in [5.41, 5.74) is 3.92. The van der Waals surface area contributed by atoms with Gasteiger partial charge in [0.15, 0.2) is 0 Å². The maximum Gasteiger partial charge on any atom is 0.128 e. The van der Waals surface area contributed by atoms with Crippen LogP contribution in [-0.4, -0.2) is 60.8 Å². The van der Waals surface area contributed by atoms with E-state index >= 15 is 0 Å². The van der Waals surface area contributed by atoms with Gasteiger partial charge in [0.2, 0.25) is 0 Å². The summed E-state index contributed by atoms with van der Waals surface area (Å²) in [6.45, 7) is 8.62. The normalized spacial score (nSPS) is 23.5. The Labute approximate surface area is 192 Å². The molecule has 0 radical (unpaired) electrons. The molecule has 6 rings (SSSR count). The molecular formula is C27H36N4O. The number of fused-ring (bicyclic) bond motifs is 1. The molecule has 2 saturated heterocycles. The minimum Gasteiger partial charge on any atom is -0.487 e. The van der Waals surface area contributed by atoms with E-state index in [9.17, 15) is 0 Å². The highest BCUT2D eigenvalue weighted by Gasteiger charge is 2.41. The summed E-state index contributed by atoms with van der Waals surface area (Å²) in [7, 11) is 0. The Balaban J connectivity index is 1.08. The lowest BCUT2D eigenvalue weighted by molar-refractivity contribution is -0.0336. The van der Waals surface area contributed by atoms with Crippen molar-refractivity contribution in [3.8, 4) is 5.75 Å². The van der Waals surface area contributed by atoms with Crippen molar-refractivity contribution in [2.24, 2.45) is 0 Å². The van der Waals surface area contributed by atoms with Gasteiger partial charge in [0.25, 0.3) is 0 Å². The molecule has 3 fully saturated rings. The predicted molar refractivity (Wildman–Crippen MR) is 130 cm³/mol. The third kappa shape index (κ3) is 3.85. The van der Waals surface area contributed by atoms with Crippen LogP contribution in [0.15, 0.2) is 36.4 Å². The zero-order chi connectivity index (χ0) is 21.5. The first kappa shape index (κ1) is 20.3. The number of aromatic nitrogens is 1. The monoisotopic (exact) mass is 432 g/mol. The van der Waals surface area contributed by atoms with Gasteiger partial charge < -0.3 is 19.4 Å². The van der Waals surface area contributed by atoms with E-state index in [0.29, 0.717) is 0 Å². The van der Waals surface area contributed by atoms with Crippen LogP contribution in [0.1, 0.15) is 49.8 Å². The summed E-state index contributed by atoms with van der Waals surface area (Å²) in [4.78, 5) is 12.4. The van der Waals surface area contributed by atoms with Crippen LogP contribution in [0.3, 0.4) is 0 Å². The molecule has 1 aromatic heterocycles. The molecule has 1 aromatic carbocycles. The van der Waals surface area contributed by atoms with Crippen LogP contribution in [0.2, 0.25) is 0 Å². The molecule has 0 unspecified atom stereocenters. The molecule has 0 amide bonds. The molecule has 0 N–H and O–H groups in total. The van der Waals surface area contributed by atoms with Crippen molar-refractivity contribution in [1.29, 1.82) is 0 Å². The second-order valence-corrected chi connectivity index (χ2v) is 10.3. The van der Waals surface area contributed by atoms with E-state index in [1.165, 1.54) is 62.9 Å². The number of hydrogen-bond acceptors (Lipinski definition) is 5. The lowest BCUT2D eigenvalue weighted by Crippen LogP contribution is -2.53. The van der Waals surface area contributed by atoms with Crippen molar-refractivity contribution in [3.63, 3.8) is 0 Å². The summed E-state index contributed by atoms with van der Waals surface area (Å²) in [6.07, 6.45) is 8.97. The van der Waals surface area contributed by atoms with Gasteiger partial charge in [-0.25, -0.2) is 4.98 Å². The fraction of sp³-hybridized carbons (Fsp3) is 0.593. The smallest absolute Gasteiger partial charge is 0.128 e. The van der Waals surface area contributed by atoms with Gasteiger partial charge in [-0.3, -0.25) is 0 Å². The first-order valence-electron chi connectivity index (χ1n) is 12.7. The van der Waals surface area contributed by atoms with E-state index in [1.807, 2.05) is 0 Å². The molecule has 4 heterocycles. The summed E-state index contributed by atoms with van der Waals surface area (Å²) >= 11 is 0. The van der Waals surface area contributed by atoms with E-state index in [4.69, 9.17) is 9.72 Å². The lowest BCUT2D eigenvalue weighted by Gasteiger charge is -2.48. The quantitative estimate of drug-likeness (QED) is 0.716. The number of piperazine rings is 1. The molecule has 2 aromatic rings. The summed E-state index contributed by atoms with van der Waals surface area (Å²) in [5.74, 6) is 2.25. The number of anilines is 2. The highest BCUT2D eigenvalue weighted by Crippen LogP contribution is 2.42. The summed E-state index contributed by atoms with van der Waals surface area (Å²) in [6, 6.07) is 14.1. The molecule has 32 heavy (non-hydrogen) atoms. The van der Waals surface area contributed by atoms with Crippen molar-refractivity contribution >= 4 is 11.5 Å². The van der Waals surface area contributed by atoms with Gasteiger partial charge in [-0.05, 0) is 81.3 Å². The standard InChI is InChI=1S/C27H36N4O/c1-21-4-2-7-26(28-21)31-18-16-30(17-19-31)24-8-9-25-22(20-24)10-11-27(32-25)12-14-29(15-13-27)23-5-3-6-23/h2,4,7-9,20,23H,3,5-6,10-19H2,1H3. The van der Waals surface area contributed by atoms with E-state index in [-0.39, 0.29) is 5.60 Å². The fourth-order valence-corrected chi connectivity index (χ4v) is 6.00. The lowest BCUT2D eigenvalue weighted by atomic mass is 9.81. The van der Waals surface area contributed by atoms with Crippen molar-refractivity contribution in [2.75, 3.05) is 49.1 Å². The number of aryl methyl sites for hydroxylation is 2. The van der Waals surface area contributed by atoms with E-state index in [0.717, 1.165) is 55.9 Å². The molecule has 1 spiro atoms. The van der Waals surface area contributed by atoms with Gasteiger partial charge in [-0.15, -0.1) is 0 Å². The van der Waals surface area contributed by atoms with Gasteiger partial charge in [0.1, 0.15) is 17.2 Å². The average molecular weight is 433 g/mol. The van der Waals surface area contributed by atoms with Crippen molar-refractivity contribution in [1.82, 2.24) is 9.88 Å². The van der Waals surface area contributed by atoms with Crippen LogP contribution in [0, 0.1) is 6.92 Å². The number of piperidine rings is 1. The van der Waals surface area contributed by atoms with Gasteiger partial charge in [0.05, 0.1) is 0 Å². The highest BCUT2D eigenvalue weighted by molar-refractivity contribution is 5.55. The van der Waals surface area contributed by atoms with Gasteiger partial charge >= 0.3 is 0 Å². The van der Waals surface area contributed by atoms with Crippen LogP contribution in [0.25, 0.3) is 0 Å². The molecule has 5 heteroatoms. The molecule has 0 bridgehead atoms. The number of hydrogen-bond donors (Lipinski definition) is 0. The second-order valence-electron chi connectivity index (χ2n) is 10.3. The minimum absolute atomic E-state index is 0.0845. The highest BCUT2D eigenvalue weighted by atomic mass is 16.5. The minimum atomic E-state index is 0.0845. The Bertz CT molecular complexity index is 956.